The Balaban J connectivity index is 1.13. The van der Waals surface area contributed by atoms with Crippen molar-refractivity contribution in [2.75, 3.05) is 6.54 Å². The highest BCUT2D eigenvalue weighted by Gasteiger charge is 2.55. The number of halogens is 2. The van der Waals surface area contributed by atoms with E-state index in [4.69, 9.17) is 0 Å². The van der Waals surface area contributed by atoms with Crippen LogP contribution in [0.1, 0.15) is 81.7 Å². The van der Waals surface area contributed by atoms with E-state index < -0.39 is 17.3 Å². The smallest absolute Gasteiger partial charge is 0.309 e. The number of hydrogen-bond donors (Lipinski definition) is 2. The van der Waals surface area contributed by atoms with Crippen molar-refractivity contribution in [3.05, 3.63) is 41.5 Å². The Labute approximate surface area is 203 Å². The molecule has 5 rings (SSSR count). The lowest BCUT2D eigenvalue weighted by atomic mass is 9.53. The van der Waals surface area contributed by atoms with Gasteiger partial charge in [-0.25, -0.2) is 13.5 Å². The van der Waals surface area contributed by atoms with E-state index in [9.17, 15) is 23.5 Å². The van der Waals surface area contributed by atoms with Gasteiger partial charge in [-0.15, -0.1) is 5.10 Å². The Morgan fingerprint density at radius 1 is 1.06 bits per heavy atom. The monoisotopic (exact) mass is 489 g/mol. The van der Waals surface area contributed by atoms with Crippen LogP contribution in [0.2, 0.25) is 0 Å². The molecule has 2 aromatic heterocycles. The van der Waals surface area contributed by atoms with E-state index in [0.717, 1.165) is 38.3 Å². The zero-order chi connectivity index (χ0) is 25.1. The molecule has 2 N–H and O–H groups in total. The molecule has 190 valence electrons. The molecule has 0 radical (unpaired) electrons. The minimum atomic E-state index is -2.91. The second kappa shape index (κ2) is 9.99. The number of alkyl halides is 2. The van der Waals surface area contributed by atoms with Crippen LogP contribution in [0, 0.1) is 10.8 Å². The molecule has 0 aliphatic heterocycles. The highest BCUT2D eigenvalue weighted by Crippen LogP contribution is 2.57. The molecular formula is C25H33F2N5O3. The van der Waals surface area contributed by atoms with E-state index >= 15 is 0 Å². The summed E-state index contributed by atoms with van der Waals surface area (Å²) in [6, 6.07) is 2.95. The number of nitrogens with zero attached hydrogens (tertiary/aromatic N) is 4. The van der Waals surface area contributed by atoms with Gasteiger partial charge >= 0.3 is 5.97 Å². The van der Waals surface area contributed by atoms with Crippen LogP contribution < -0.4 is 5.32 Å². The molecule has 1 amide bonds. The van der Waals surface area contributed by atoms with Crippen molar-refractivity contribution >= 4 is 11.9 Å². The van der Waals surface area contributed by atoms with Gasteiger partial charge in [0.1, 0.15) is 0 Å². The summed E-state index contributed by atoms with van der Waals surface area (Å²) in [7, 11) is 0. The number of unbranched alkanes of at least 4 members (excludes halogenated alkanes) is 2. The first-order chi connectivity index (χ1) is 16.6. The highest BCUT2D eigenvalue weighted by molar-refractivity contribution is 5.84. The SMILES string of the molecule is CC(F)(F)c1ccc(Cn2cc(CCCCCNC(=O)C34CCC(C(=O)O)(CC3)CC4)nn2)nc1. The first-order valence-corrected chi connectivity index (χ1v) is 12.4. The molecule has 2 bridgehead atoms. The van der Waals surface area contributed by atoms with Crippen LogP contribution in [0.3, 0.4) is 0 Å². The van der Waals surface area contributed by atoms with E-state index in [-0.39, 0.29) is 16.9 Å². The number of rotatable bonds is 11. The number of carbonyl (C=O) groups excluding carboxylic acids is 1. The molecule has 0 aromatic carbocycles. The predicted molar refractivity (Wildman–Crippen MR) is 124 cm³/mol. The molecule has 0 saturated heterocycles. The van der Waals surface area contributed by atoms with E-state index in [0.29, 0.717) is 57.3 Å². The van der Waals surface area contributed by atoms with Gasteiger partial charge in [-0.3, -0.25) is 14.6 Å². The third-order valence-electron chi connectivity index (χ3n) is 7.82. The maximum absolute atomic E-state index is 13.3. The lowest BCUT2D eigenvalue weighted by molar-refractivity contribution is -0.163. The molecule has 0 atom stereocenters. The van der Waals surface area contributed by atoms with Crippen LogP contribution >= 0.6 is 0 Å². The number of aliphatic carboxylic acids is 1. The molecule has 10 heteroatoms. The third-order valence-corrected chi connectivity index (χ3v) is 7.82. The average molecular weight is 490 g/mol. The van der Waals surface area contributed by atoms with E-state index in [1.54, 1.807) is 10.7 Å². The van der Waals surface area contributed by atoms with Gasteiger partial charge < -0.3 is 10.4 Å². The van der Waals surface area contributed by atoms with Crippen molar-refractivity contribution in [2.45, 2.75) is 83.6 Å². The van der Waals surface area contributed by atoms with Crippen LogP contribution in [-0.4, -0.2) is 43.5 Å². The number of fused-ring (bicyclic) bond motifs is 3. The van der Waals surface area contributed by atoms with Gasteiger partial charge in [0.15, 0.2) is 0 Å². The third kappa shape index (κ3) is 5.67. The summed E-state index contributed by atoms with van der Waals surface area (Å²) in [6.07, 6.45) is 10.4. The first kappa shape index (κ1) is 25.2. The zero-order valence-electron chi connectivity index (χ0n) is 20.1. The van der Waals surface area contributed by atoms with Crippen molar-refractivity contribution in [3.63, 3.8) is 0 Å². The number of pyridine rings is 1. The number of carbonyl (C=O) groups is 2. The van der Waals surface area contributed by atoms with Crippen LogP contribution in [0.15, 0.2) is 24.5 Å². The number of nitrogens with one attached hydrogen (secondary N) is 1. The van der Waals surface area contributed by atoms with Crippen molar-refractivity contribution in [2.24, 2.45) is 10.8 Å². The van der Waals surface area contributed by atoms with E-state index in [2.05, 4.69) is 20.6 Å². The second-order valence-electron chi connectivity index (χ2n) is 10.3. The molecule has 3 aliphatic carbocycles. The second-order valence-corrected chi connectivity index (χ2v) is 10.3. The zero-order valence-corrected chi connectivity index (χ0v) is 20.1. The quantitative estimate of drug-likeness (QED) is 0.460. The number of aromatic nitrogens is 4. The number of amides is 1. The maximum Gasteiger partial charge on any atom is 0.309 e. The topological polar surface area (TPSA) is 110 Å². The van der Waals surface area contributed by atoms with Crippen molar-refractivity contribution < 1.29 is 23.5 Å². The number of carboxylic acid groups (broad SMARTS) is 1. The molecule has 8 nitrogen and oxygen atoms in total. The normalized spacial score (nSPS) is 23.9. The fourth-order valence-electron chi connectivity index (χ4n) is 5.32. The van der Waals surface area contributed by atoms with Gasteiger partial charge in [0.05, 0.1) is 23.3 Å². The van der Waals surface area contributed by atoms with Gasteiger partial charge in [-0.2, -0.15) is 0 Å². The van der Waals surface area contributed by atoms with Crippen LogP contribution in [0.4, 0.5) is 8.78 Å². The summed E-state index contributed by atoms with van der Waals surface area (Å²) in [5.41, 5.74) is 0.402. The summed E-state index contributed by atoms with van der Waals surface area (Å²) in [6.45, 7) is 1.83. The molecule has 0 unspecified atom stereocenters. The molecule has 2 aromatic rings. The van der Waals surface area contributed by atoms with E-state index in [1.165, 1.54) is 12.3 Å². The number of hydrogen-bond acceptors (Lipinski definition) is 5. The van der Waals surface area contributed by atoms with Crippen LogP contribution in [0.25, 0.3) is 0 Å². The van der Waals surface area contributed by atoms with Gasteiger partial charge in [0.25, 0.3) is 5.92 Å². The highest BCUT2D eigenvalue weighted by atomic mass is 19.3. The molecule has 3 aliphatic rings. The minimum Gasteiger partial charge on any atom is -0.481 e. The van der Waals surface area contributed by atoms with Crippen molar-refractivity contribution in [1.29, 1.82) is 0 Å². The standard InChI is InChI=1S/C25H33F2N5O3/c1-23(26,27)18-6-7-19(29-15-18)16-32-17-20(30-31-32)5-3-2-4-14-28-21(33)24-8-11-25(12-9-24,13-10-24)22(34)35/h6-7,15,17H,2-5,8-14,16H2,1H3,(H,28,33)(H,34,35). The van der Waals surface area contributed by atoms with Gasteiger partial charge in [-0.05, 0) is 69.9 Å². The molecule has 2 heterocycles. The largest absolute Gasteiger partial charge is 0.481 e. The fraction of sp³-hybridized carbons (Fsp3) is 0.640. The molecular weight excluding hydrogens is 456 g/mol. The van der Waals surface area contributed by atoms with Gasteiger partial charge in [0.2, 0.25) is 5.91 Å². The number of aryl methyl sites for hydroxylation is 1. The van der Waals surface area contributed by atoms with Crippen LogP contribution in [-0.2, 0) is 28.5 Å². The van der Waals surface area contributed by atoms with Gasteiger partial charge in [-0.1, -0.05) is 11.6 Å². The Morgan fingerprint density at radius 3 is 2.34 bits per heavy atom. The Kier molecular flexibility index (Phi) is 7.19. The Bertz CT molecular complexity index is 1020. The average Bonchev–Trinajstić information content (AvgIpc) is 3.29. The number of carboxylic acids is 1. The molecule has 3 fully saturated rings. The minimum absolute atomic E-state index is 0.0865. The van der Waals surface area contributed by atoms with Crippen LogP contribution in [0.5, 0.6) is 0 Å². The summed E-state index contributed by atoms with van der Waals surface area (Å²) in [5.74, 6) is -3.53. The lowest BCUT2D eigenvalue weighted by Crippen LogP contribution is -2.52. The maximum atomic E-state index is 13.3. The molecule has 35 heavy (non-hydrogen) atoms. The van der Waals surface area contributed by atoms with Gasteiger partial charge in [0, 0.05) is 36.8 Å². The Morgan fingerprint density at radius 2 is 1.74 bits per heavy atom. The molecule has 3 saturated carbocycles. The first-order valence-electron chi connectivity index (χ1n) is 12.4. The van der Waals surface area contributed by atoms with E-state index in [1.807, 2.05) is 6.20 Å². The summed E-state index contributed by atoms with van der Waals surface area (Å²) in [4.78, 5) is 28.5. The predicted octanol–water partition coefficient (Wildman–Crippen LogP) is 4.09. The summed E-state index contributed by atoms with van der Waals surface area (Å²) in [5, 5.41) is 20.9. The molecule has 0 spiro atoms. The lowest BCUT2D eigenvalue weighted by Gasteiger charge is -2.50. The van der Waals surface area contributed by atoms with Crippen molar-refractivity contribution in [1.82, 2.24) is 25.3 Å². The Hall–Kier alpha value is -2.91. The summed E-state index contributed by atoms with van der Waals surface area (Å²) < 4.78 is 28.3. The van der Waals surface area contributed by atoms with Crippen molar-refractivity contribution in [3.8, 4) is 0 Å². The fourth-order valence-corrected chi connectivity index (χ4v) is 5.32. The summed E-state index contributed by atoms with van der Waals surface area (Å²) >= 11 is 0.